The third-order valence-corrected chi connectivity index (χ3v) is 4.88. The van der Waals surface area contributed by atoms with Gasteiger partial charge in [-0.25, -0.2) is 0 Å². The fourth-order valence-electron chi connectivity index (χ4n) is 3.44. The molecule has 0 bridgehead atoms. The van der Waals surface area contributed by atoms with Crippen molar-refractivity contribution in [1.29, 1.82) is 0 Å². The first kappa shape index (κ1) is 13.8. The van der Waals surface area contributed by atoms with Gasteiger partial charge in [-0.15, -0.1) is 0 Å². The van der Waals surface area contributed by atoms with Crippen molar-refractivity contribution in [1.82, 2.24) is 10.2 Å². The Labute approximate surface area is 116 Å². The summed E-state index contributed by atoms with van der Waals surface area (Å²) in [5, 5.41) is 3.72. The summed E-state index contributed by atoms with van der Waals surface area (Å²) in [7, 11) is 1.84. The summed E-state index contributed by atoms with van der Waals surface area (Å²) in [5.74, 6) is 0. The van der Waals surface area contributed by atoms with E-state index in [0.717, 1.165) is 32.3 Å². The van der Waals surface area contributed by atoms with Gasteiger partial charge in [0.25, 0.3) is 0 Å². The van der Waals surface area contributed by atoms with Gasteiger partial charge in [-0.2, -0.15) is 0 Å². The molecule has 3 aliphatic rings. The number of piperidine rings is 1. The van der Waals surface area contributed by atoms with E-state index in [-0.39, 0.29) is 0 Å². The van der Waals surface area contributed by atoms with Crippen LogP contribution >= 0.6 is 0 Å². The lowest BCUT2D eigenvalue weighted by Crippen LogP contribution is -2.49. The predicted octanol–water partition coefficient (Wildman–Crippen LogP) is 1.26. The quantitative estimate of drug-likeness (QED) is 0.786. The molecule has 0 radical (unpaired) electrons. The molecular weight excluding hydrogens is 240 g/mol. The second-order valence-electron chi connectivity index (χ2n) is 6.69. The Bertz CT molecular complexity index is 288. The molecule has 2 saturated heterocycles. The summed E-state index contributed by atoms with van der Waals surface area (Å²) >= 11 is 0. The number of hydrogen-bond donors (Lipinski definition) is 1. The molecule has 110 valence electrons. The molecule has 2 aliphatic heterocycles. The van der Waals surface area contributed by atoms with Crippen LogP contribution in [0.1, 0.15) is 32.1 Å². The zero-order chi connectivity index (χ0) is 13.1. The normalized spacial score (nSPS) is 36.8. The van der Waals surface area contributed by atoms with E-state index in [1.54, 1.807) is 0 Å². The smallest absolute Gasteiger partial charge is 0.0698 e. The Morgan fingerprint density at radius 3 is 2.95 bits per heavy atom. The zero-order valence-corrected chi connectivity index (χ0v) is 12.2. The molecule has 3 rings (SSSR count). The molecule has 1 saturated carbocycles. The van der Waals surface area contributed by atoms with Crippen LogP contribution in [0.25, 0.3) is 0 Å². The SMILES string of the molecule is COC1CCCN(CC2(CNC3CC3)CCOC2)C1. The van der Waals surface area contributed by atoms with E-state index in [0.29, 0.717) is 11.5 Å². The highest BCUT2D eigenvalue weighted by molar-refractivity contribution is 4.93. The minimum Gasteiger partial charge on any atom is -0.381 e. The van der Waals surface area contributed by atoms with Crippen molar-refractivity contribution >= 4 is 0 Å². The van der Waals surface area contributed by atoms with E-state index in [1.807, 2.05) is 7.11 Å². The fraction of sp³-hybridized carbons (Fsp3) is 1.00. The van der Waals surface area contributed by atoms with Gasteiger partial charge < -0.3 is 19.7 Å². The monoisotopic (exact) mass is 268 g/mol. The first-order valence-electron chi connectivity index (χ1n) is 7.86. The highest BCUT2D eigenvalue weighted by Gasteiger charge is 2.38. The lowest BCUT2D eigenvalue weighted by Gasteiger charge is -2.38. The van der Waals surface area contributed by atoms with Crippen LogP contribution in [0.15, 0.2) is 0 Å². The topological polar surface area (TPSA) is 33.7 Å². The summed E-state index contributed by atoms with van der Waals surface area (Å²) in [6.45, 7) is 6.50. The first-order chi connectivity index (χ1) is 9.30. The number of nitrogens with one attached hydrogen (secondary N) is 1. The van der Waals surface area contributed by atoms with Crippen LogP contribution in [0.3, 0.4) is 0 Å². The van der Waals surface area contributed by atoms with E-state index in [4.69, 9.17) is 9.47 Å². The van der Waals surface area contributed by atoms with E-state index in [1.165, 1.54) is 45.2 Å². The largest absolute Gasteiger partial charge is 0.381 e. The van der Waals surface area contributed by atoms with Crippen LogP contribution in [-0.4, -0.2) is 63.5 Å². The van der Waals surface area contributed by atoms with Gasteiger partial charge in [0.05, 0.1) is 12.7 Å². The zero-order valence-electron chi connectivity index (χ0n) is 12.2. The predicted molar refractivity (Wildman–Crippen MR) is 75.4 cm³/mol. The van der Waals surface area contributed by atoms with Crippen LogP contribution in [0, 0.1) is 5.41 Å². The Morgan fingerprint density at radius 1 is 1.37 bits per heavy atom. The average molecular weight is 268 g/mol. The number of rotatable bonds is 6. The van der Waals surface area contributed by atoms with Gasteiger partial charge in [0.15, 0.2) is 0 Å². The third kappa shape index (κ3) is 3.69. The average Bonchev–Trinajstić information content (AvgIpc) is 3.17. The first-order valence-corrected chi connectivity index (χ1v) is 7.86. The molecule has 2 atom stereocenters. The molecule has 0 spiro atoms. The molecule has 4 nitrogen and oxygen atoms in total. The molecule has 3 fully saturated rings. The van der Waals surface area contributed by atoms with E-state index in [2.05, 4.69) is 10.2 Å². The highest BCUT2D eigenvalue weighted by Crippen LogP contribution is 2.32. The van der Waals surface area contributed by atoms with Gasteiger partial charge in [-0.1, -0.05) is 0 Å². The van der Waals surface area contributed by atoms with Crippen molar-refractivity contribution in [3.63, 3.8) is 0 Å². The summed E-state index contributed by atoms with van der Waals surface area (Å²) in [6.07, 6.45) is 6.87. The molecule has 0 amide bonds. The molecule has 0 aromatic rings. The third-order valence-electron chi connectivity index (χ3n) is 4.88. The Kier molecular flexibility index (Phi) is 4.42. The number of hydrogen-bond acceptors (Lipinski definition) is 4. The fourth-order valence-corrected chi connectivity index (χ4v) is 3.44. The molecular formula is C15H28N2O2. The number of methoxy groups -OCH3 is 1. The number of ether oxygens (including phenoxy) is 2. The highest BCUT2D eigenvalue weighted by atomic mass is 16.5. The van der Waals surface area contributed by atoms with Gasteiger partial charge in [0, 0.05) is 44.8 Å². The van der Waals surface area contributed by atoms with Crippen molar-refractivity contribution in [3.05, 3.63) is 0 Å². The van der Waals surface area contributed by atoms with Gasteiger partial charge in [-0.3, -0.25) is 0 Å². The van der Waals surface area contributed by atoms with Gasteiger partial charge in [-0.05, 0) is 38.6 Å². The lowest BCUT2D eigenvalue weighted by atomic mass is 9.85. The van der Waals surface area contributed by atoms with E-state index < -0.39 is 0 Å². The minimum atomic E-state index is 0.345. The van der Waals surface area contributed by atoms with Crippen LogP contribution in [0.5, 0.6) is 0 Å². The molecule has 4 heteroatoms. The molecule has 2 unspecified atom stereocenters. The second-order valence-corrected chi connectivity index (χ2v) is 6.69. The van der Waals surface area contributed by atoms with Crippen LogP contribution in [0.4, 0.5) is 0 Å². The summed E-state index contributed by atoms with van der Waals surface area (Å²) in [6, 6.07) is 0.797. The second kappa shape index (κ2) is 6.08. The molecule has 0 aromatic carbocycles. The van der Waals surface area contributed by atoms with E-state index in [9.17, 15) is 0 Å². The van der Waals surface area contributed by atoms with Gasteiger partial charge >= 0.3 is 0 Å². The Balaban J connectivity index is 1.53. The molecule has 19 heavy (non-hydrogen) atoms. The Morgan fingerprint density at radius 2 is 2.26 bits per heavy atom. The molecule has 2 heterocycles. The summed E-state index contributed by atoms with van der Waals surface area (Å²) in [4.78, 5) is 2.60. The maximum atomic E-state index is 5.71. The Hall–Kier alpha value is -0.160. The van der Waals surface area contributed by atoms with Crippen molar-refractivity contribution in [3.8, 4) is 0 Å². The van der Waals surface area contributed by atoms with Crippen molar-refractivity contribution in [2.24, 2.45) is 5.41 Å². The van der Waals surface area contributed by atoms with E-state index >= 15 is 0 Å². The maximum absolute atomic E-state index is 5.71. The number of likely N-dealkylation sites (tertiary alicyclic amines) is 1. The summed E-state index contributed by atoms with van der Waals surface area (Å²) in [5.41, 5.74) is 0.345. The molecule has 1 aliphatic carbocycles. The van der Waals surface area contributed by atoms with Crippen molar-refractivity contribution < 1.29 is 9.47 Å². The van der Waals surface area contributed by atoms with Crippen LogP contribution in [-0.2, 0) is 9.47 Å². The summed E-state index contributed by atoms with van der Waals surface area (Å²) < 4.78 is 11.2. The van der Waals surface area contributed by atoms with Crippen molar-refractivity contribution in [2.75, 3.05) is 46.5 Å². The molecule has 0 aromatic heterocycles. The van der Waals surface area contributed by atoms with Crippen molar-refractivity contribution in [2.45, 2.75) is 44.2 Å². The number of nitrogens with zero attached hydrogens (tertiary/aromatic N) is 1. The van der Waals surface area contributed by atoms with Crippen LogP contribution < -0.4 is 5.32 Å². The van der Waals surface area contributed by atoms with Gasteiger partial charge in [0.1, 0.15) is 0 Å². The maximum Gasteiger partial charge on any atom is 0.0698 e. The lowest BCUT2D eigenvalue weighted by molar-refractivity contribution is 0.0115. The molecule has 1 N–H and O–H groups in total. The minimum absolute atomic E-state index is 0.345. The van der Waals surface area contributed by atoms with Gasteiger partial charge in [0.2, 0.25) is 0 Å². The van der Waals surface area contributed by atoms with Crippen LogP contribution in [0.2, 0.25) is 0 Å². The standard InChI is InChI=1S/C15H28N2O2/c1-18-14-3-2-7-17(9-14)11-15(6-8-19-12-15)10-16-13-4-5-13/h13-14,16H,2-12H2,1H3.